The lowest BCUT2D eigenvalue weighted by molar-refractivity contribution is 0.643. The number of nitrogens with one attached hydrogen (secondary N) is 2. The number of fused-ring (bicyclic) bond motifs is 1. The van der Waals surface area contributed by atoms with Crippen molar-refractivity contribution in [3.8, 4) is 0 Å². The maximum atomic E-state index is 4.57. The van der Waals surface area contributed by atoms with Gasteiger partial charge in [-0.15, -0.1) is 24.0 Å². The third-order valence-electron chi connectivity index (χ3n) is 3.37. The van der Waals surface area contributed by atoms with Crippen molar-refractivity contribution in [3.05, 3.63) is 30.1 Å². The standard InChI is InChI=1S/C14H19N5.HI/c1-11-18-12-5-2-3-6-13(12)19(11)10-9-17-14-15-7-4-8-16-14;/h2-3,5-6H,4,7-10H2,1H3,(H2,15,16,17);1H. The van der Waals surface area contributed by atoms with E-state index in [0.717, 1.165) is 49.9 Å². The Morgan fingerprint density at radius 2 is 2.20 bits per heavy atom. The Kier molecular flexibility index (Phi) is 5.22. The number of aryl methyl sites for hydroxylation is 1. The van der Waals surface area contributed by atoms with E-state index in [1.807, 2.05) is 6.07 Å². The summed E-state index contributed by atoms with van der Waals surface area (Å²) in [4.78, 5) is 8.97. The van der Waals surface area contributed by atoms with Crippen molar-refractivity contribution >= 4 is 41.0 Å². The van der Waals surface area contributed by atoms with Gasteiger partial charge in [-0.05, 0) is 25.5 Å². The number of para-hydroxylation sites is 2. The number of guanidine groups is 1. The highest BCUT2D eigenvalue weighted by atomic mass is 127. The van der Waals surface area contributed by atoms with Crippen LogP contribution in [0.4, 0.5) is 0 Å². The molecule has 0 saturated heterocycles. The zero-order chi connectivity index (χ0) is 13.1. The van der Waals surface area contributed by atoms with Crippen LogP contribution in [-0.2, 0) is 6.54 Å². The van der Waals surface area contributed by atoms with Gasteiger partial charge in [-0.2, -0.15) is 0 Å². The van der Waals surface area contributed by atoms with Gasteiger partial charge < -0.3 is 15.2 Å². The minimum atomic E-state index is 0. The predicted octanol–water partition coefficient (Wildman–Crippen LogP) is 1.90. The molecule has 2 N–H and O–H groups in total. The topological polar surface area (TPSA) is 54.2 Å². The molecule has 0 amide bonds. The van der Waals surface area contributed by atoms with Crippen molar-refractivity contribution in [2.45, 2.75) is 19.9 Å². The molecule has 3 rings (SSSR count). The van der Waals surface area contributed by atoms with E-state index >= 15 is 0 Å². The second-order valence-electron chi connectivity index (χ2n) is 4.74. The van der Waals surface area contributed by atoms with Crippen LogP contribution in [0.15, 0.2) is 29.3 Å². The molecule has 0 bridgehead atoms. The van der Waals surface area contributed by atoms with Gasteiger partial charge in [-0.25, -0.2) is 4.98 Å². The molecular formula is C14H20IN5. The van der Waals surface area contributed by atoms with Gasteiger partial charge in [0.05, 0.1) is 11.0 Å². The fourth-order valence-corrected chi connectivity index (χ4v) is 2.42. The van der Waals surface area contributed by atoms with Gasteiger partial charge in [0, 0.05) is 26.2 Å². The fourth-order valence-electron chi connectivity index (χ4n) is 2.42. The van der Waals surface area contributed by atoms with Crippen molar-refractivity contribution in [1.82, 2.24) is 20.2 Å². The fraction of sp³-hybridized carbons (Fsp3) is 0.429. The Morgan fingerprint density at radius 3 is 3.00 bits per heavy atom. The van der Waals surface area contributed by atoms with Crippen molar-refractivity contribution in [2.75, 3.05) is 19.6 Å². The third kappa shape index (κ3) is 3.23. The summed E-state index contributed by atoms with van der Waals surface area (Å²) in [5, 5.41) is 6.61. The van der Waals surface area contributed by atoms with Crippen LogP contribution < -0.4 is 10.6 Å². The second kappa shape index (κ2) is 6.92. The van der Waals surface area contributed by atoms with E-state index < -0.39 is 0 Å². The number of rotatable bonds is 3. The summed E-state index contributed by atoms with van der Waals surface area (Å²) in [5.74, 6) is 1.98. The quantitative estimate of drug-likeness (QED) is 0.794. The molecule has 1 aromatic carbocycles. The molecule has 5 nitrogen and oxygen atoms in total. The van der Waals surface area contributed by atoms with Crippen LogP contribution in [0.1, 0.15) is 12.2 Å². The Balaban J connectivity index is 0.00000147. The van der Waals surface area contributed by atoms with E-state index in [2.05, 4.69) is 50.3 Å². The molecule has 108 valence electrons. The largest absolute Gasteiger partial charge is 0.356 e. The maximum Gasteiger partial charge on any atom is 0.191 e. The lowest BCUT2D eigenvalue weighted by Crippen LogP contribution is -2.41. The monoisotopic (exact) mass is 385 g/mol. The second-order valence-corrected chi connectivity index (χ2v) is 4.74. The van der Waals surface area contributed by atoms with E-state index in [1.54, 1.807) is 0 Å². The number of hydrogen-bond donors (Lipinski definition) is 2. The summed E-state index contributed by atoms with van der Waals surface area (Å²) < 4.78 is 2.24. The van der Waals surface area contributed by atoms with E-state index in [1.165, 1.54) is 5.52 Å². The number of aliphatic imine (C=N–C) groups is 1. The summed E-state index contributed by atoms with van der Waals surface area (Å²) >= 11 is 0. The molecule has 2 aromatic rings. The minimum absolute atomic E-state index is 0. The SMILES string of the molecule is Cc1nc2ccccc2n1CCNC1=NCCCN1.I. The van der Waals surface area contributed by atoms with Gasteiger partial charge in [0.1, 0.15) is 5.82 Å². The van der Waals surface area contributed by atoms with Crippen LogP contribution in [0.2, 0.25) is 0 Å². The Bertz CT molecular complexity index is 605. The number of nitrogens with zero attached hydrogens (tertiary/aromatic N) is 3. The van der Waals surface area contributed by atoms with E-state index in [0.29, 0.717) is 0 Å². The van der Waals surface area contributed by atoms with Gasteiger partial charge in [0.25, 0.3) is 0 Å². The average molecular weight is 385 g/mol. The van der Waals surface area contributed by atoms with Crippen LogP contribution in [-0.4, -0.2) is 35.1 Å². The first-order chi connectivity index (χ1) is 9.34. The molecule has 0 saturated carbocycles. The Labute approximate surface area is 135 Å². The molecule has 6 heteroatoms. The normalized spacial score (nSPS) is 14.3. The van der Waals surface area contributed by atoms with E-state index in [-0.39, 0.29) is 24.0 Å². The smallest absolute Gasteiger partial charge is 0.191 e. The average Bonchev–Trinajstić information content (AvgIpc) is 2.76. The zero-order valence-corrected chi connectivity index (χ0v) is 13.9. The zero-order valence-electron chi connectivity index (χ0n) is 11.6. The highest BCUT2D eigenvalue weighted by molar-refractivity contribution is 14.0. The third-order valence-corrected chi connectivity index (χ3v) is 3.37. The first-order valence-corrected chi connectivity index (χ1v) is 6.78. The summed E-state index contributed by atoms with van der Waals surface area (Å²) in [7, 11) is 0. The number of imidazole rings is 1. The highest BCUT2D eigenvalue weighted by Gasteiger charge is 2.07. The van der Waals surface area contributed by atoms with Crippen LogP contribution in [0.25, 0.3) is 11.0 Å². The van der Waals surface area contributed by atoms with Gasteiger partial charge in [-0.1, -0.05) is 12.1 Å². The summed E-state index contributed by atoms with van der Waals surface area (Å²) in [6.07, 6.45) is 1.12. The molecule has 0 fully saturated rings. The molecule has 20 heavy (non-hydrogen) atoms. The number of halogens is 1. The van der Waals surface area contributed by atoms with Crippen molar-refractivity contribution < 1.29 is 0 Å². The lowest BCUT2D eigenvalue weighted by Gasteiger charge is -2.16. The van der Waals surface area contributed by atoms with Crippen LogP contribution in [0, 0.1) is 6.92 Å². The van der Waals surface area contributed by atoms with E-state index in [4.69, 9.17) is 0 Å². The molecule has 0 atom stereocenters. The lowest BCUT2D eigenvalue weighted by atomic mass is 10.3. The summed E-state index contributed by atoms with van der Waals surface area (Å²) in [6, 6.07) is 8.25. The minimum Gasteiger partial charge on any atom is -0.356 e. The van der Waals surface area contributed by atoms with Crippen LogP contribution in [0.5, 0.6) is 0 Å². The van der Waals surface area contributed by atoms with Gasteiger partial charge in [0.15, 0.2) is 5.96 Å². The first-order valence-electron chi connectivity index (χ1n) is 6.78. The molecule has 2 heterocycles. The molecule has 1 aliphatic heterocycles. The van der Waals surface area contributed by atoms with Crippen LogP contribution in [0.3, 0.4) is 0 Å². The van der Waals surface area contributed by atoms with Crippen molar-refractivity contribution in [1.29, 1.82) is 0 Å². The number of benzene rings is 1. The summed E-state index contributed by atoms with van der Waals surface area (Å²) in [6.45, 7) is 5.73. The molecular weight excluding hydrogens is 365 g/mol. The number of hydrogen-bond acceptors (Lipinski definition) is 4. The highest BCUT2D eigenvalue weighted by Crippen LogP contribution is 2.14. The van der Waals surface area contributed by atoms with Gasteiger partial charge in [-0.3, -0.25) is 4.99 Å². The van der Waals surface area contributed by atoms with E-state index in [9.17, 15) is 0 Å². The molecule has 0 spiro atoms. The molecule has 1 aromatic heterocycles. The van der Waals surface area contributed by atoms with Gasteiger partial charge in [0.2, 0.25) is 0 Å². The Hall–Kier alpha value is -1.31. The molecule has 0 unspecified atom stereocenters. The summed E-state index contributed by atoms with van der Waals surface area (Å²) in [5.41, 5.74) is 2.26. The van der Waals surface area contributed by atoms with Gasteiger partial charge >= 0.3 is 0 Å². The predicted molar refractivity (Wildman–Crippen MR) is 92.8 cm³/mol. The number of aromatic nitrogens is 2. The van der Waals surface area contributed by atoms with Crippen molar-refractivity contribution in [2.24, 2.45) is 4.99 Å². The maximum absolute atomic E-state index is 4.57. The molecule has 0 radical (unpaired) electrons. The molecule has 0 aliphatic carbocycles. The Morgan fingerprint density at radius 1 is 1.35 bits per heavy atom. The first kappa shape index (κ1) is 15.1. The van der Waals surface area contributed by atoms with Crippen LogP contribution >= 0.6 is 24.0 Å². The molecule has 1 aliphatic rings. The van der Waals surface area contributed by atoms with Crippen molar-refractivity contribution in [3.63, 3.8) is 0 Å².